The number of nitrogens with zero attached hydrogens (tertiary/aromatic N) is 1. The number of allylic oxidation sites excluding steroid dienone is 3. The molecule has 1 saturated heterocycles. The minimum atomic E-state index is -1.28. The van der Waals surface area contributed by atoms with Crippen LogP contribution in [0.5, 0.6) is 0 Å². The number of hydrogen-bond acceptors (Lipinski definition) is 10. The topological polar surface area (TPSA) is 144 Å². The smallest absolute Gasteiger partial charge is 0.410 e. The lowest BCUT2D eigenvalue weighted by molar-refractivity contribution is -0.168. The van der Waals surface area contributed by atoms with Crippen molar-refractivity contribution in [2.75, 3.05) is 26.2 Å². The standard InChI is InChI=1S/C35H58N2O9/c1-9-30(40)27(6)43-26(5)21-23(2)11-10-12-24(3)33-25(4)13-14-31(44-34(42)37-19-17-36-18-20-37)35(8,46-28(7)38)16-15-29(39)22-32(41)45-33/h10-14,23,25-27,29-31,33,36,39-40H,9,15-22H2,1-8H3/b11-10+,14-13+,24-12+/t23-,25+,26+,27?,29-,30+,31+,33-,35-/m1/s1. The average Bonchev–Trinajstić information content (AvgIpc) is 2.99. The van der Waals surface area contributed by atoms with Crippen molar-refractivity contribution in [3.05, 3.63) is 36.0 Å². The molecule has 11 heteroatoms. The SMILES string of the molecule is CC[C@H](O)C(C)O[C@@H](C)C[C@H](C)/C=C/C=C(\C)[C@H]1OC(=O)C[C@H](O)CC[C@@](C)(OC(C)=O)[C@@H](OC(=O)N2CCNCC2)/C=C/[C@@H]1C. The van der Waals surface area contributed by atoms with Gasteiger partial charge in [0, 0.05) is 39.0 Å². The third kappa shape index (κ3) is 13.2. The maximum Gasteiger partial charge on any atom is 0.410 e. The summed E-state index contributed by atoms with van der Waals surface area (Å²) in [5, 5.41) is 24.0. The molecule has 2 heterocycles. The monoisotopic (exact) mass is 650 g/mol. The number of amides is 1. The molecule has 0 aromatic heterocycles. The van der Waals surface area contributed by atoms with Gasteiger partial charge in [0.15, 0.2) is 6.10 Å². The fourth-order valence-corrected chi connectivity index (χ4v) is 5.85. The molecule has 9 atom stereocenters. The lowest BCUT2D eigenvalue weighted by Crippen LogP contribution is -2.51. The molecule has 262 valence electrons. The summed E-state index contributed by atoms with van der Waals surface area (Å²) < 4.78 is 23.6. The molecule has 0 aromatic rings. The van der Waals surface area contributed by atoms with E-state index in [1.54, 1.807) is 17.9 Å². The Hall–Kier alpha value is -2.73. The zero-order valence-electron chi connectivity index (χ0n) is 29.1. The third-order valence-electron chi connectivity index (χ3n) is 8.64. The van der Waals surface area contributed by atoms with Crippen LogP contribution in [0.15, 0.2) is 36.0 Å². The van der Waals surface area contributed by atoms with Crippen molar-refractivity contribution in [3.8, 4) is 0 Å². The van der Waals surface area contributed by atoms with Crippen LogP contribution in [0.2, 0.25) is 0 Å². The minimum absolute atomic E-state index is 0.0314. The minimum Gasteiger partial charge on any atom is -0.457 e. The first kappa shape index (κ1) is 39.4. The van der Waals surface area contributed by atoms with E-state index in [4.69, 9.17) is 18.9 Å². The molecule has 0 aromatic carbocycles. The summed E-state index contributed by atoms with van der Waals surface area (Å²) in [6.45, 7) is 16.9. The van der Waals surface area contributed by atoms with Crippen molar-refractivity contribution in [2.24, 2.45) is 11.8 Å². The van der Waals surface area contributed by atoms with Crippen LogP contribution in [0.25, 0.3) is 0 Å². The number of cyclic esters (lactones) is 1. The van der Waals surface area contributed by atoms with Crippen LogP contribution in [0, 0.1) is 11.8 Å². The van der Waals surface area contributed by atoms with Crippen LogP contribution in [0.3, 0.4) is 0 Å². The van der Waals surface area contributed by atoms with E-state index in [1.165, 1.54) is 6.92 Å². The third-order valence-corrected chi connectivity index (χ3v) is 8.64. The molecule has 46 heavy (non-hydrogen) atoms. The number of aliphatic hydroxyl groups is 2. The van der Waals surface area contributed by atoms with Crippen LogP contribution in [0.1, 0.15) is 87.5 Å². The summed E-state index contributed by atoms with van der Waals surface area (Å²) in [4.78, 5) is 39.9. The Morgan fingerprint density at radius 1 is 1.20 bits per heavy atom. The highest BCUT2D eigenvalue weighted by Gasteiger charge is 2.41. The maximum atomic E-state index is 13.2. The van der Waals surface area contributed by atoms with Gasteiger partial charge in [-0.25, -0.2) is 4.79 Å². The molecule has 0 radical (unpaired) electrons. The van der Waals surface area contributed by atoms with E-state index in [-0.39, 0.29) is 43.3 Å². The van der Waals surface area contributed by atoms with Gasteiger partial charge < -0.3 is 39.4 Å². The first-order chi connectivity index (χ1) is 21.6. The van der Waals surface area contributed by atoms with E-state index < -0.39 is 48.0 Å². The molecule has 1 fully saturated rings. The van der Waals surface area contributed by atoms with Crippen molar-refractivity contribution in [3.63, 3.8) is 0 Å². The molecule has 0 spiro atoms. The number of ether oxygens (including phenoxy) is 4. The molecular formula is C35H58N2O9. The lowest BCUT2D eigenvalue weighted by Gasteiger charge is -2.37. The quantitative estimate of drug-likeness (QED) is 0.127. The Labute approximate surface area is 275 Å². The molecule has 0 aliphatic carbocycles. The van der Waals surface area contributed by atoms with Crippen molar-refractivity contribution < 1.29 is 43.5 Å². The number of aliphatic hydroxyl groups excluding tert-OH is 2. The predicted octanol–water partition coefficient (Wildman–Crippen LogP) is 4.46. The van der Waals surface area contributed by atoms with E-state index in [9.17, 15) is 24.6 Å². The number of rotatable bonds is 11. The van der Waals surface area contributed by atoms with Crippen LogP contribution in [-0.4, -0.2) is 102 Å². The fourth-order valence-electron chi connectivity index (χ4n) is 5.85. The van der Waals surface area contributed by atoms with Crippen LogP contribution >= 0.6 is 0 Å². The number of carbonyl (C=O) groups excluding carboxylic acids is 3. The van der Waals surface area contributed by atoms with Gasteiger partial charge >= 0.3 is 18.0 Å². The Balaban J connectivity index is 2.29. The van der Waals surface area contributed by atoms with E-state index in [0.29, 0.717) is 32.6 Å². The highest BCUT2D eigenvalue weighted by Crippen LogP contribution is 2.30. The zero-order chi connectivity index (χ0) is 34.4. The Bertz CT molecular complexity index is 1070. The van der Waals surface area contributed by atoms with E-state index in [1.807, 2.05) is 52.8 Å². The van der Waals surface area contributed by atoms with Gasteiger partial charge in [-0.05, 0) is 70.9 Å². The molecule has 0 saturated carbocycles. The van der Waals surface area contributed by atoms with Crippen molar-refractivity contribution in [1.29, 1.82) is 0 Å². The number of esters is 2. The van der Waals surface area contributed by atoms with Crippen LogP contribution in [0.4, 0.5) is 4.79 Å². The molecule has 1 amide bonds. The highest BCUT2D eigenvalue weighted by molar-refractivity contribution is 5.71. The molecule has 11 nitrogen and oxygen atoms in total. The second-order valence-electron chi connectivity index (χ2n) is 13.1. The van der Waals surface area contributed by atoms with Gasteiger partial charge in [-0.1, -0.05) is 45.1 Å². The number of carbonyl (C=O) groups is 3. The van der Waals surface area contributed by atoms with Crippen molar-refractivity contribution >= 4 is 18.0 Å². The normalized spacial score (nSPS) is 30.3. The highest BCUT2D eigenvalue weighted by atomic mass is 16.6. The lowest BCUT2D eigenvalue weighted by atomic mass is 9.88. The van der Waals surface area contributed by atoms with E-state index in [2.05, 4.69) is 18.3 Å². The summed E-state index contributed by atoms with van der Waals surface area (Å²) in [7, 11) is 0. The van der Waals surface area contributed by atoms with Gasteiger partial charge in [0.05, 0.1) is 30.8 Å². The molecule has 1 unspecified atom stereocenters. The summed E-state index contributed by atoms with van der Waals surface area (Å²) in [6.07, 6.45) is 6.98. The molecule has 0 bridgehead atoms. The second-order valence-corrected chi connectivity index (χ2v) is 13.1. The van der Waals surface area contributed by atoms with Gasteiger partial charge in [0.25, 0.3) is 0 Å². The van der Waals surface area contributed by atoms with Crippen molar-refractivity contribution in [2.45, 2.75) is 130 Å². The van der Waals surface area contributed by atoms with Gasteiger partial charge in [0.2, 0.25) is 0 Å². The fraction of sp³-hybridized carbons (Fsp3) is 0.743. The number of piperazine rings is 1. The number of nitrogens with one attached hydrogen (secondary N) is 1. The summed E-state index contributed by atoms with van der Waals surface area (Å²) in [5.41, 5.74) is -0.482. The Morgan fingerprint density at radius 3 is 2.50 bits per heavy atom. The summed E-state index contributed by atoms with van der Waals surface area (Å²) in [6, 6.07) is 0. The average molecular weight is 651 g/mol. The molecule has 2 aliphatic heterocycles. The molecule has 2 aliphatic rings. The number of hydrogen-bond donors (Lipinski definition) is 3. The van der Waals surface area contributed by atoms with Crippen LogP contribution in [-0.2, 0) is 28.5 Å². The van der Waals surface area contributed by atoms with Gasteiger partial charge in [0.1, 0.15) is 11.7 Å². The van der Waals surface area contributed by atoms with Gasteiger partial charge in [-0.2, -0.15) is 0 Å². The predicted molar refractivity (Wildman–Crippen MR) is 176 cm³/mol. The second kappa shape index (κ2) is 19.2. The van der Waals surface area contributed by atoms with E-state index in [0.717, 1.165) is 12.0 Å². The van der Waals surface area contributed by atoms with Gasteiger partial charge in [-0.3, -0.25) is 9.59 Å². The summed E-state index contributed by atoms with van der Waals surface area (Å²) in [5.74, 6) is -1.22. The van der Waals surface area contributed by atoms with Crippen molar-refractivity contribution in [1.82, 2.24) is 10.2 Å². The summed E-state index contributed by atoms with van der Waals surface area (Å²) >= 11 is 0. The maximum absolute atomic E-state index is 13.2. The van der Waals surface area contributed by atoms with Crippen LogP contribution < -0.4 is 5.32 Å². The molecule has 2 rings (SSSR count). The first-order valence-electron chi connectivity index (χ1n) is 16.7. The molecule has 3 N–H and O–H groups in total. The zero-order valence-corrected chi connectivity index (χ0v) is 29.1. The Kier molecular flexibility index (Phi) is 16.4. The van der Waals surface area contributed by atoms with Gasteiger partial charge in [-0.15, -0.1) is 0 Å². The first-order valence-corrected chi connectivity index (χ1v) is 16.7. The molecular weight excluding hydrogens is 592 g/mol. The largest absolute Gasteiger partial charge is 0.457 e. The van der Waals surface area contributed by atoms with E-state index >= 15 is 0 Å². The Morgan fingerprint density at radius 2 is 1.87 bits per heavy atom.